The summed E-state index contributed by atoms with van der Waals surface area (Å²) in [6.07, 6.45) is 4.48. The van der Waals surface area contributed by atoms with E-state index < -0.39 is 0 Å². The van der Waals surface area contributed by atoms with Crippen LogP contribution in [0.5, 0.6) is 0 Å². The fourth-order valence-electron chi connectivity index (χ4n) is 2.18. The Balaban J connectivity index is 2.12. The lowest BCUT2D eigenvalue weighted by molar-refractivity contribution is 0.463. The van der Waals surface area contributed by atoms with Crippen molar-refractivity contribution in [3.05, 3.63) is 23.7 Å². The molecule has 0 atom stereocenters. The summed E-state index contributed by atoms with van der Waals surface area (Å²) in [5.74, 6) is 1.39. The molecule has 2 aromatic heterocycles. The van der Waals surface area contributed by atoms with Gasteiger partial charge in [-0.15, -0.1) is 11.6 Å². The molecule has 0 bridgehead atoms. The Morgan fingerprint density at radius 2 is 2.24 bits per heavy atom. The van der Waals surface area contributed by atoms with Gasteiger partial charge in [0, 0.05) is 12.7 Å². The number of alkyl halides is 1. The molecule has 1 aliphatic rings. The van der Waals surface area contributed by atoms with Crippen LogP contribution in [-0.4, -0.2) is 14.5 Å². The number of hydrogen-bond donors (Lipinski definition) is 0. The van der Waals surface area contributed by atoms with Gasteiger partial charge >= 0.3 is 0 Å². The molecule has 1 aliphatic carbocycles. The quantitative estimate of drug-likeness (QED) is 0.782. The van der Waals surface area contributed by atoms with Crippen molar-refractivity contribution in [2.24, 2.45) is 5.41 Å². The third-order valence-corrected chi connectivity index (χ3v) is 3.80. The molecular weight excluding hydrogens is 234 g/mol. The van der Waals surface area contributed by atoms with Gasteiger partial charge in [0.15, 0.2) is 5.65 Å². The second kappa shape index (κ2) is 3.70. The highest BCUT2D eigenvalue weighted by Crippen LogP contribution is 2.47. The van der Waals surface area contributed by atoms with Gasteiger partial charge in [-0.25, -0.2) is 9.97 Å². The minimum atomic E-state index is 0.432. The van der Waals surface area contributed by atoms with Gasteiger partial charge in [-0.3, -0.25) is 0 Å². The van der Waals surface area contributed by atoms with E-state index in [2.05, 4.69) is 27.5 Å². The third kappa shape index (κ3) is 1.93. The molecule has 1 fully saturated rings. The summed E-state index contributed by atoms with van der Waals surface area (Å²) in [6, 6.07) is 2.07. The summed E-state index contributed by atoms with van der Waals surface area (Å²) in [5, 5.41) is 0. The predicted molar refractivity (Wildman–Crippen MR) is 69.2 cm³/mol. The van der Waals surface area contributed by atoms with Gasteiger partial charge in [-0.2, -0.15) is 0 Å². The van der Waals surface area contributed by atoms with Gasteiger partial charge in [0.05, 0.1) is 5.88 Å². The summed E-state index contributed by atoms with van der Waals surface area (Å²) in [6.45, 7) is 5.33. The number of imidazole rings is 1. The van der Waals surface area contributed by atoms with Crippen LogP contribution in [0.2, 0.25) is 0 Å². The molecule has 2 aromatic rings. The third-order valence-electron chi connectivity index (χ3n) is 3.56. The standard InChI is InChI=1S/C13H16ClN3/c1-9-5-10-12(15-7-9)17(11(6-14)16-10)8-13(2)3-4-13/h5,7H,3-4,6,8H2,1-2H3. The second-order valence-corrected chi connectivity index (χ2v) is 5.68. The number of aryl methyl sites for hydroxylation is 1. The molecule has 4 heteroatoms. The molecule has 17 heavy (non-hydrogen) atoms. The summed E-state index contributed by atoms with van der Waals surface area (Å²) in [4.78, 5) is 9.08. The number of rotatable bonds is 3. The van der Waals surface area contributed by atoms with Crippen LogP contribution < -0.4 is 0 Å². The number of fused-ring (bicyclic) bond motifs is 1. The second-order valence-electron chi connectivity index (χ2n) is 5.41. The minimum Gasteiger partial charge on any atom is -0.311 e. The first-order valence-electron chi connectivity index (χ1n) is 5.99. The highest BCUT2D eigenvalue weighted by atomic mass is 35.5. The van der Waals surface area contributed by atoms with E-state index in [1.54, 1.807) is 0 Å². The monoisotopic (exact) mass is 249 g/mol. The van der Waals surface area contributed by atoms with Crippen LogP contribution in [0.4, 0.5) is 0 Å². The van der Waals surface area contributed by atoms with Crippen molar-refractivity contribution >= 4 is 22.8 Å². The molecule has 0 spiro atoms. The van der Waals surface area contributed by atoms with Crippen molar-refractivity contribution in [3.8, 4) is 0 Å². The fourth-order valence-corrected chi connectivity index (χ4v) is 2.38. The summed E-state index contributed by atoms with van der Waals surface area (Å²) < 4.78 is 2.19. The summed E-state index contributed by atoms with van der Waals surface area (Å²) >= 11 is 5.98. The zero-order valence-electron chi connectivity index (χ0n) is 10.2. The number of aromatic nitrogens is 3. The zero-order valence-corrected chi connectivity index (χ0v) is 11.0. The van der Waals surface area contributed by atoms with Gasteiger partial charge in [0.25, 0.3) is 0 Å². The average molecular weight is 250 g/mol. The lowest BCUT2D eigenvalue weighted by Crippen LogP contribution is -2.11. The van der Waals surface area contributed by atoms with Gasteiger partial charge < -0.3 is 4.57 Å². The topological polar surface area (TPSA) is 30.7 Å². The molecule has 0 aromatic carbocycles. The lowest BCUT2D eigenvalue weighted by Gasteiger charge is -2.12. The van der Waals surface area contributed by atoms with Crippen LogP contribution in [0.3, 0.4) is 0 Å². The van der Waals surface area contributed by atoms with E-state index >= 15 is 0 Å². The van der Waals surface area contributed by atoms with Crippen molar-refractivity contribution in [3.63, 3.8) is 0 Å². The Morgan fingerprint density at radius 3 is 2.88 bits per heavy atom. The molecule has 0 aliphatic heterocycles. The number of hydrogen-bond acceptors (Lipinski definition) is 2. The Morgan fingerprint density at radius 1 is 1.47 bits per heavy atom. The van der Waals surface area contributed by atoms with Crippen LogP contribution in [0.1, 0.15) is 31.2 Å². The lowest BCUT2D eigenvalue weighted by atomic mass is 10.1. The van der Waals surface area contributed by atoms with E-state index in [9.17, 15) is 0 Å². The first kappa shape index (κ1) is 11.0. The molecule has 0 saturated heterocycles. The van der Waals surface area contributed by atoms with Crippen LogP contribution in [0, 0.1) is 12.3 Å². The zero-order chi connectivity index (χ0) is 12.0. The summed E-state index contributed by atoms with van der Waals surface area (Å²) in [5.41, 5.74) is 3.51. The highest BCUT2D eigenvalue weighted by molar-refractivity contribution is 6.16. The molecule has 3 rings (SSSR count). The highest BCUT2D eigenvalue weighted by Gasteiger charge is 2.38. The van der Waals surface area contributed by atoms with Crippen molar-refractivity contribution in [1.29, 1.82) is 0 Å². The number of pyridine rings is 1. The van der Waals surface area contributed by atoms with E-state index in [0.29, 0.717) is 11.3 Å². The van der Waals surface area contributed by atoms with Crippen LogP contribution in [0.15, 0.2) is 12.3 Å². The molecule has 2 heterocycles. The van der Waals surface area contributed by atoms with Crippen molar-refractivity contribution in [1.82, 2.24) is 14.5 Å². The van der Waals surface area contributed by atoms with Crippen LogP contribution >= 0.6 is 11.6 Å². The Kier molecular flexibility index (Phi) is 2.40. The van der Waals surface area contributed by atoms with E-state index in [1.807, 2.05) is 13.1 Å². The van der Waals surface area contributed by atoms with Crippen molar-refractivity contribution in [2.75, 3.05) is 0 Å². The largest absolute Gasteiger partial charge is 0.311 e. The molecule has 1 saturated carbocycles. The van der Waals surface area contributed by atoms with E-state index in [4.69, 9.17) is 11.6 Å². The van der Waals surface area contributed by atoms with Gasteiger partial charge in [0.2, 0.25) is 0 Å². The molecule has 90 valence electrons. The van der Waals surface area contributed by atoms with E-state index in [-0.39, 0.29) is 0 Å². The van der Waals surface area contributed by atoms with Crippen molar-refractivity contribution in [2.45, 2.75) is 39.1 Å². The van der Waals surface area contributed by atoms with Gasteiger partial charge in [-0.05, 0) is 36.8 Å². The SMILES string of the molecule is Cc1cnc2c(c1)nc(CCl)n2CC1(C)CC1. The smallest absolute Gasteiger partial charge is 0.160 e. The molecule has 3 nitrogen and oxygen atoms in total. The maximum absolute atomic E-state index is 5.98. The first-order chi connectivity index (χ1) is 8.11. The predicted octanol–water partition coefficient (Wildman–Crippen LogP) is 3.28. The van der Waals surface area contributed by atoms with Gasteiger partial charge in [0.1, 0.15) is 11.3 Å². The first-order valence-corrected chi connectivity index (χ1v) is 6.52. The normalized spacial score (nSPS) is 17.6. The number of nitrogens with zero attached hydrogens (tertiary/aromatic N) is 3. The maximum atomic E-state index is 5.98. The number of halogens is 1. The molecular formula is C13H16ClN3. The molecule has 0 unspecified atom stereocenters. The Hall–Kier alpha value is -1.09. The van der Waals surface area contributed by atoms with Crippen LogP contribution in [0.25, 0.3) is 11.2 Å². The minimum absolute atomic E-state index is 0.432. The van der Waals surface area contributed by atoms with Crippen molar-refractivity contribution < 1.29 is 0 Å². The summed E-state index contributed by atoms with van der Waals surface area (Å²) in [7, 11) is 0. The Labute approximate surface area is 106 Å². The maximum Gasteiger partial charge on any atom is 0.160 e. The van der Waals surface area contributed by atoms with Gasteiger partial charge in [-0.1, -0.05) is 6.92 Å². The molecule has 0 N–H and O–H groups in total. The Bertz CT molecular complexity index is 569. The average Bonchev–Trinajstić information content (AvgIpc) is 2.92. The molecule has 0 radical (unpaired) electrons. The van der Waals surface area contributed by atoms with E-state index in [1.165, 1.54) is 12.8 Å². The molecule has 0 amide bonds. The van der Waals surface area contributed by atoms with E-state index in [0.717, 1.165) is 29.1 Å². The van der Waals surface area contributed by atoms with Crippen LogP contribution in [-0.2, 0) is 12.4 Å². The fraction of sp³-hybridized carbons (Fsp3) is 0.538.